The van der Waals surface area contributed by atoms with Gasteiger partial charge in [-0.2, -0.15) is 13.2 Å². The highest BCUT2D eigenvalue weighted by atomic mass is 19.4. The Bertz CT molecular complexity index is 468. The van der Waals surface area contributed by atoms with Crippen LogP contribution in [0.25, 0.3) is 0 Å². The predicted octanol–water partition coefficient (Wildman–Crippen LogP) is 0.934. The van der Waals surface area contributed by atoms with Crippen molar-refractivity contribution in [2.45, 2.75) is 38.0 Å². The number of fused-ring (bicyclic) bond motifs is 1. The topological polar surface area (TPSA) is 52.0 Å². The summed E-state index contributed by atoms with van der Waals surface area (Å²) >= 11 is 0. The van der Waals surface area contributed by atoms with Gasteiger partial charge in [-0.25, -0.2) is 0 Å². The molecule has 0 radical (unpaired) electrons. The van der Waals surface area contributed by atoms with Crippen LogP contribution in [0.5, 0.6) is 0 Å². The Balaban J connectivity index is 1.73. The van der Waals surface area contributed by atoms with Gasteiger partial charge in [-0.05, 0) is 6.42 Å². The molecular formula is C12H17F3N4O. The van der Waals surface area contributed by atoms with Crippen molar-refractivity contribution in [2.75, 3.05) is 19.8 Å². The molecule has 3 rings (SSSR count). The maximum Gasteiger partial charge on any atom is 0.393 e. The van der Waals surface area contributed by atoms with Gasteiger partial charge in [-0.1, -0.05) is 0 Å². The van der Waals surface area contributed by atoms with Crippen LogP contribution < -0.4 is 5.32 Å². The van der Waals surface area contributed by atoms with Crippen LogP contribution in [0, 0.1) is 5.92 Å². The molecule has 0 aliphatic carbocycles. The van der Waals surface area contributed by atoms with Crippen molar-refractivity contribution >= 4 is 0 Å². The number of ether oxygens (including phenoxy) is 1. The van der Waals surface area contributed by atoms with Gasteiger partial charge in [0.1, 0.15) is 11.6 Å². The van der Waals surface area contributed by atoms with Crippen molar-refractivity contribution in [3.05, 3.63) is 11.6 Å². The van der Waals surface area contributed by atoms with E-state index in [0.29, 0.717) is 37.7 Å². The second kappa shape index (κ2) is 5.33. The van der Waals surface area contributed by atoms with Crippen LogP contribution in [-0.4, -0.2) is 46.7 Å². The van der Waals surface area contributed by atoms with Gasteiger partial charge in [0, 0.05) is 32.0 Å². The maximum atomic E-state index is 12.8. The minimum atomic E-state index is -4.15. The minimum Gasteiger partial charge on any atom is -0.379 e. The largest absolute Gasteiger partial charge is 0.393 e. The second-order valence-electron chi connectivity index (χ2n) is 5.35. The summed E-state index contributed by atoms with van der Waals surface area (Å²) in [7, 11) is 0. The highest BCUT2D eigenvalue weighted by Gasteiger charge is 2.42. The van der Waals surface area contributed by atoms with Crippen LogP contribution in [0.2, 0.25) is 0 Å². The molecule has 1 fully saturated rings. The number of aryl methyl sites for hydroxylation is 1. The molecule has 8 heteroatoms. The number of alkyl halides is 3. The smallest absolute Gasteiger partial charge is 0.379 e. The lowest BCUT2D eigenvalue weighted by atomic mass is 9.98. The van der Waals surface area contributed by atoms with Crippen molar-refractivity contribution in [1.82, 2.24) is 20.1 Å². The third-order valence-electron chi connectivity index (χ3n) is 3.91. The van der Waals surface area contributed by atoms with Crippen LogP contribution in [0.1, 0.15) is 18.1 Å². The van der Waals surface area contributed by atoms with Crippen molar-refractivity contribution in [3.8, 4) is 0 Å². The predicted molar refractivity (Wildman–Crippen MR) is 64.2 cm³/mol. The molecule has 2 aliphatic rings. The van der Waals surface area contributed by atoms with Crippen LogP contribution in [-0.2, 0) is 24.1 Å². The average molecular weight is 290 g/mol. The molecule has 2 atom stereocenters. The molecule has 0 amide bonds. The zero-order valence-electron chi connectivity index (χ0n) is 11.0. The summed E-state index contributed by atoms with van der Waals surface area (Å²) in [4.78, 5) is 0. The SMILES string of the molecule is FC(F)(F)C1CCc2nnc(CC3COCCN3)n2C1. The van der Waals surface area contributed by atoms with Gasteiger partial charge < -0.3 is 14.6 Å². The Hall–Kier alpha value is -1.15. The number of hydrogen-bond donors (Lipinski definition) is 1. The van der Waals surface area contributed by atoms with Crippen LogP contribution in [0.15, 0.2) is 0 Å². The molecule has 3 heterocycles. The second-order valence-corrected chi connectivity index (χ2v) is 5.35. The third kappa shape index (κ3) is 2.80. The summed E-state index contributed by atoms with van der Waals surface area (Å²) in [6.07, 6.45) is -3.15. The summed E-state index contributed by atoms with van der Waals surface area (Å²) in [6, 6.07) is 0.100. The molecule has 1 aromatic rings. The fourth-order valence-electron chi connectivity index (χ4n) is 2.77. The molecule has 5 nitrogen and oxygen atoms in total. The van der Waals surface area contributed by atoms with Crippen molar-refractivity contribution < 1.29 is 17.9 Å². The summed E-state index contributed by atoms with van der Waals surface area (Å²) in [5.74, 6) is -0.00510. The normalized spacial score (nSPS) is 27.4. The number of halogens is 3. The van der Waals surface area contributed by atoms with Gasteiger partial charge >= 0.3 is 6.18 Å². The lowest BCUT2D eigenvalue weighted by molar-refractivity contribution is -0.182. The molecule has 0 bridgehead atoms. The average Bonchev–Trinajstić information content (AvgIpc) is 2.82. The number of aromatic nitrogens is 3. The standard InChI is InChI=1S/C12H17F3N4O/c13-12(14,15)8-1-2-10-17-18-11(19(10)6-8)5-9-7-20-4-3-16-9/h8-9,16H,1-7H2. The molecule has 0 aromatic carbocycles. The van der Waals surface area contributed by atoms with E-state index in [1.165, 1.54) is 0 Å². The molecule has 1 saturated heterocycles. The lowest BCUT2D eigenvalue weighted by Gasteiger charge is -2.27. The third-order valence-corrected chi connectivity index (χ3v) is 3.91. The van der Waals surface area contributed by atoms with E-state index < -0.39 is 12.1 Å². The fourth-order valence-corrected chi connectivity index (χ4v) is 2.77. The first-order chi connectivity index (χ1) is 9.54. The van der Waals surface area contributed by atoms with E-state index in [1.54, 1.807) is 4.57 Å². The van der Waals surface area contributed by atoms with E-state index in [1.807, 2.05) is 0 Å². The Kier molecular flexibility index (Phi) is 3.68. The first kappa shape index (κ1) is 13.8. The molecule has 2 unspecified atom stereocenters. The fraction of sp³-hybridized carbons (Fsp3) is 0.833. The summed E-state index contributed by atoms with van der Waals surface area (Å²) in [5, 5.41) is 11.4. The van der Waals surface area contributed by atoms with E-state index >= 15 is 0 Å². The van der Waals surface area contributed by atoms with E-state index in [4.69, 9.17) is 4.74 Å². The number of rotatable bonds is 2. The maximum absolute atomic E-state index is 12.8. The summed E-state index contributed by atoms with van der Waals surface area (Å²) in [6.45, 7) is 1.93. The van der Waals surface area contributed by atoms with Crippen LogP contribution in [0.3, 0.4) is 0 Å². The summed E-state index contributed by atoms with van der Waals surface area (Å²) in [5.41, 5.74) is 0. The van der Waals surface area contributed by atoms with E-state index in [0.717, 1.165) is 6.54 Å². The summed E-state index contributed by atoms with van der Waals surface area (Å²) < 4.78 is 45.5. The monoisotopic (exact) mass is 290 g/mol. The van der Waals surface area contributed by atoms with Gasteiger partial charge in [0.05, 0.1) is 19.1 Å². The number of morpholine rings is 1. The van der Waals surface area contributed by atoms with E-state index in [2.05, 4.69) is 15.5 Å². The highest BCUT2D eigenvalue weighted by Crippen LogP contribution is 2.34. The van der Waals surface area contributed by atoms with Gasteiger partial charge in [-0.15, -0.1) is 10.2 Å². The van der Waals surface area contributed by atoms with Gasteiger partial charge in [0.2, 0.25) is 0 Å². The Morgan fingerprint density at radius 2 is 2.20 bits per heavy atom. The molecule has 1 aromatic heterocycles. The van der Waals surface area contributed by atoms with Gasteiger partial charge in [-0.3, -0.25) is 0 Å². The highest BCUT2D eigenvalue weighted by molar-refractivity contribution is 5.03. The van der Waals surface area contributed by atoms with Gasteiger partial charge in [0.25, 0.3) is 0 Å². The number of hydrogen-bond acceptors (Lipinski definition) is 4. The molecule has 0 saturated carbocycles. The quantitative estimate of drug-likeness (QED) is 0.880. The molecule has 2 aliphatic heterocycles. The molecule has 112 valence electrons. The van der Waals surface area contributed by atoms with Crippen molar-refractivity contribution in [3.63, 3.8) is 0 Å². The first-order valence-corrected chi connectivity index (χ1v) is 6.83. The van der Waals surface area contributed by atoms with E-state index in [-0.39, 0.29) is 19.0 Å². The molecular weight excluding hydrogens is 273 g/mol. The van der Waals surface area contributed by atoms with Crippen molar-refractivity contribution in [2.24, 2.45) is 5.92 Å². The van der Waals surface area contributed by atoms with Crippen LogP contribution >= 0.6 is 0 Å². The lowest BCUT2D eigenvalue weighted by Crippen LogP contribution is -2.43. The minimum absolute atomic E-state index is 0.0608. The Morgan fingerprint density at radius 1 is 1.35 bits per heavy atom. The van der Waals surface area contributed by atoms with Gasteiger partial charge in [0.15, 0.2) is 0 Å². The Morgan fingerprint density at radius 3 is 2.90 bits per heavy atom. The number of nitrogens with zero attached hydrogens (tertiary/aromatic N) is 3. The van der Waals surface area contributed by atoms with Crippen LogP contribution in [0.4, 0.5) is 13.2 Å². The molecule has 0 spiro atoms. The first-order valence-electron chi connectivity index (χ1n) is 6.83. The number of nitrogens with one attached hydrogen (secondary N) is 1. The van der Waals surface area contributed by atoms with Crippen molar-refractivity contribution in [1.29, 1.82) is 0 Å². The molecule has 1 N–H and O–H groups in total. The van der Waals surface area contributed by atoms with E-state index in [9.17, 15) is 13.2 Å². The Labute approximate surface area is 114 Å². The zero-order chi connectivity index (χ0) is 14.2. The molecule has 20 heavy (non-hydrogen) atoms. The zero-order valence-corrected chi connectivity index (χ0v) is 11.0.